The molecule has 0 saturated carbocycles. The molecule has 1 aromatic heterocycles. The third-order valence-corrected chi connectivity index (χ3v) is 2.59. The summed E-state index contributed by atoms with van der Waals surface area (Å²) >= 11 is 0. The van der Waals surface area contributed by atoms with E-state index in [1.165, 1.54) is 5.56 Å². The van der Waals surface area contributed by atoms with Crippen molar-refractivity contribution < 1.29 is 0 Å². The second-order valence-electron chi connectivity index (χ2n) is 3.90. The summed E-state index contributed by atoms with van der Waals surface area (Å²) in [5.74, 6) is 0.911. The monoisotopic (exact) mass is 218 g/mol. The van der Waals surface area contributed by atoms with E-state index in [1.807, 2.05) is 0 Å². The molecule has 0 atom stereocenters. The number of fused-ring (bicyclic) bond motifs is 1. The first-order chi connectivity index (χ1) is 7.76. The third-order valence-electron chi connectivity index (χ3n) is 2.59. The molecule has 0 unspecified atom stereocenters. The maximum absolute atomic E-state index is 5.63. The van der Waals surface area contributed by atoms with Crippen molar-refractivity contribution in [2.24, 2.45) is 5.73 Å². The fourth-order valence-corrected chi connectivity index (χ4v) is 1.89. The largest absolute Gasteiger partial charge is 0.356 e. The van der Waals surface area contributed by atoms with Gasteiger partial charge in [0, 0.05) is 19.6 Å². The maximum atomic E-state index is 5.63. The molecular formula is C12H18N4. The number of anilines is 1. The van der Waals surface area contributed by atoms with Gasteiger partial charge >= 0.3 is 0 Å². The number of hydrogen-bond acceptors (Lipinski definition) is 3. The Balaban J connectivity index is 2.56. The van der Waals surface area contributed by atoms with Crippen LogP contribution in [0, 0.1) is 6.92 Å². The van der Waals surface area contributed by atoms with E-state index in [2.05, 4.69) is 46.9 Å². The molecule has 1 aromatic carbocycles. The fourth-order valence-electron chi connectivity index (χ4n) is 1.89. The SMILES string of the molecule is CCNc1nc2cc(C)ccc2n1CCN. The van der Waals surface area contributed by atoms with Crippen LogP contribution in [0.15, 0.2) is 18.2 Å². The first-order valence-corrected chi connectivity index (χ1v) is 5.67. The molecule has 4 heteroatoms. The highest BCUT2D eigenvalue weighted by atomic mass is 15.2. The minimum absolute atomic E-state index is 0.623. The van der Waals surface area contributed by atoms with E-state index in [4.69, 9.17) is 5.73 Å². The Labute approximate surface area is 95.5 Å². The topological polar surface area (TPSA) is 55.9 Å². The normalized spacial score (nSPS) is 10.9. The quantitative estimate of drug-likeness (QED) is 0.821. The standard InChI is InChI=1S/C12H18N4/c1-3-14-12-15-10-8-9(2)4-5-11(10)16(12)7-6-13/h4-5,8H,3,6-7,13H2,1-2H3,(H,14,15). The Morgan fingerprint density at radius 1 is 1.44 bits per heavy atom. The van der Waals surface area contributed by atoms with E-state index in [0.29, 0.717) is 6.54 Å². The molecule has 0 amide bonds. The summed E-state index contributed by atoms with van der Waals surface area (Å²) < 4.78 is 2.14. The predicted molar refractivity (Wildman–Crippen MR) is 67.7 cm³/mol. The summed E-state index contributed by atoms with van der Waals surface area (Å²) in [5, 5.41) is 3.27. The van der Waals surface area contributed by atoms with Crippen molar-refractivity contribution in [2.45, 2.75) is 20.4 Å². The molecule has 4 nitrogen and oxygen atoms in total. The number of rotatable bonds is 4. The Hall–Kier alpha value is -1.55. The number of hydrogen-bond donors (Lipinski definition) is 2. The van der Waals surface area contributed by atoms with E-state index < -0.39 is 0 Å². The third kappa shape index (κ3) is 1.88. The van der Waals surface area contributed by atoms with Crippen LogP contribution in [-0.4, -0.2) is 22.6 Å². The van der Waals surface area contributed by atoms with Crippen molar-refractivity contribution in [3.63, 3.8) is 0 Å². The van der Waals surface area contributed by atoms with Crippen LogP contribution in [0.25, 0.3) is 11.0 Å². The minimum Gasteiger partial charge on any atom is -0.356 e. The van der Waals surface area contributed by atoms with E-state index >= 15 is 0 Å². The molecule has 3 N–H and O–H groups in total. The van der Waals surface area contributed by atoms with Gasteiger partial charge in [0.1, 0.15) is 0 Å². The molecule has 0 radical (unpaired) electrons. The lowest BCUT2D eigenvalue weighted by Gasteiger charge is -2.07. The van der Waals surface area contributed by atoms with Crippen molar-refractivity contribution in [1.29, 1.82) is 0 Å². The number of nitrogens with zero attached hydrogens (tertiary/aromatic N) is 2. The highest BCUT2D eigenvalue weighted by Gasteiger charge is 2.08. The van der Waals surface area contributed by atoms with Crippen molar-refractivity contribution in [1.82, 2.24) is 9.55 Å². The first kappa shape index (κ1) is 11.0. The second kappa shape index (κ2) is 4.53. The summed E-state index contributed by atoms with van der Waals surface area (Å²) in [7, 11) is 0. The molecule has 0 aliphatic carbocycles. The van der Waals surface area contributed by atoms with E-state index in [0.717, 1.165) is 30.1 Å². The summed E-state index contributed by atoms with van der Waals surface area (Å²) in [5.41, 5.74) is 9.04. The number of nitrogens with two attached hydrogens (primary N) is 1. The van der Waals surface area contributed by atoms with Gasteiger partial charge in [0.15, 0.2) is 0 Å². The number of aryl methyl sites for hydroxylation is 1. The van der Waals surface area contributed by atoms with Gasteiger partial charge in [-0.2, -0.15) is 0 Å². The predicted octanol–water partition coefficient (Wildman–Crippen LogP) is 1.74. The van der Waals surface area contributed by atoms with Gasteiger partial charge in [-0.05, 0) is 31.5 Å². The van der Waals surface area contributed by atoms with Gasteiger partial charge < -0.3 is 15.6 Å². The van der Waals surface area contributed by atoms with Crippen molar-refractivity contribution >= 4 is 17.0 Å². The van der Waals surface area contributed by atoms with Gasteiger partial charge in [-0.1, -0.05) is 6.07 Å². The lowest BCUT2D eigenvalue weighted by Crippen LogP contribution is -2.13. The molecule has 0 fully saturated rings. The number of benzene rings is 1. The Bertz CT molecular complexity index is 487. The molecule has 2 aromatic rings. The highest BCUT2D eigenvalue weighted by molar-refractivity contribution is 5.79. The van der Waals surface area contributed by atoms with Crippen LogP contribution in [0.4, 0.5) is 5.95 Å². The van der Waals surface area contributed by atoms with Gasteiger partial charge in [-0.3, -0.25) is 0 Å². The smallest absolute Gasteiger partial charge is 0.203 e. The second-order valence-corrected chi connectivity index (χ2v) is 3.90. The minimum atomic E-state index is 0.623. The van der Waals surface area contributed by atoms with Crippen LogP contribution in [0.2, 0.25) is 0 Å². The Morgan fingerprint density at radius 3 is 2.94 bits per heavy atom. The lowest BCUT2D eigenvalue weighted by atomic mass is 10.2. The van der Waals surface area contributed by atoms with E-state index in [9.17, 15) is 0 Å². The van der Waals surface area contributed by atoms with Crippen LogP contribution in [0.5, 0.6) is 0 Å². The molecule has 0 spiro atoms. The lowest BCUT2D eigenvalue weighted by molar-refractivity contribution is 0.732. The molecule has 16 heavy (non-hydrogen) atoms. The van der Waals surface area contributed by atoms with Gasteiger partial charge in [0.2, 0.25) is 5.95 Å². The van der Waals surface area contributed by atoms with Crippen LogP contribution >= 0.6 is 0 Å². The number of imidazole rings is 1. The van der Waals surface area contributed by atoms with Gasteiger partial charge in [0.25, 0.3) is 0 Å². The van der Waals surface area contributed by atoms with Crippen molar-refractivity contribution in [3.8, 4) is 0 Å². The average Bonchev–Trinajstić information content (AvgIpc) is 2.57. The molecular weight excluding hydrogens is 200 g/mol. The van der Waals surface area contributed by atoms with Crippen LogP contribution < -0.4 is 11.1 Å². The zero-order chi connectivity index (χ0) is 11.5. The van der Waals surface area contributed by atoms with E-state index in [-0.39, 0.29) is 0 Å². The maximum Gasteiger partial charge on any atom is 0.203 e. The molecule has 0 bridgehead atoms. The molecule has 0 aliphatic rings. The van der Waals surface area contributed by atoms with Gasteiger partial charge in [-0.15, -0.1) is 0 Å². The van der Waals surface area contributed by atoms with Gasteiger partial charge in [0.05, 0.1) is 11.0 Å². The molecule has 0 aliphatic heterocycles. The molecule has 86 valence electrons. The summed E-state index contributed by atoms with van der Waals surface area (Å²) in [6.45, 7) is 6.43. The Kier molecular flexibility index (Phi) is 3.10. The average molecular weight is 218 g/mol. The van der Waals surface area contributed by atoms with E-state index in [1.54, 1.807) is 0 Å². The summed E-state index contributed by atoms with van der Waals surface area (Å²) in [6.07, 6.45) is 0. The Morgan fingerprint density at radius 2 is 2.25 bits per heavy atom. The molecule has 1 heterocycles. The van der Waals surface area contributed by atoms with Crippen LogP contribution in [-0.2, 0) is 6.54 Å². The zero-order valence-electron chi connectivity index (χ0n) is 9.83. The van der Waals surface area contributed by atoms with Crippen LogP contribution in [0.1, 0.15) is 12.5 Å². The van der Waals surface area contributed by atoms with Crippen molar-refractivity contribution in [3.05, 3.63) is 23.8 Å². The van der Waals surface area contributed by atoms with Crippen molar-refractivity contribution in [2.75, 3.05) is 18.4 Å². The fraction of sp³-hybridized carbons (Fsp3) is 0.417. The zero-order valence-corrected chi connectivity index (χ0v) is 9.83. The first-order valence-electron chi connectivity index (χ1n) is 5.67. The molecule has 0 saturated heterocycles. The highest BCUT2D eigenvalue weighted by Crippen LogP contribution is 2.20. The summed E-state index contributed by atoms with van der Waals surface area (Å²) in [6, 6.07) is 6.31. The number of aromatic nitrogens is 2. The summed E-state index contributed by atoms with van der Waals surface area (Å²) in [4.78, 5) is 4.58. The van der Waals surface area contributed by atoms with Crippen LogP contribution in [0.3, 0.4) is 0 Å². The number of nitrogens with one attached hydrogen (secondary N) is 1. The van der Waals surface area contributed by atoms with Gasteiger partial charge in [-0.25, -0.2) is 4.98 Å². The molecule has 2 rings (SSSR count).